The summed E-state index contributed by atoms with van der Waals surface area (Å²) in [5.74, 6) is 0.903. The number of aromatic nitrogens is 2. The van der Waals surface area contributed by atoms with Gasteiger partial charge in [-0.1, -0.05) is 0 Å². The predicted molar refractivity (Wildman–Crippen MR) is 90.4 cm³/mol. The van der Waals surface area contributed by atoms with Crippen LogP contribution in [0.4, 0.5) is 11.5 Å². The molecule has 2 aliphatic heterocycles. The lowest BCUT2D eigenvalue weighted by molar-refractivity contribution is -0.384. The molecule has 0 atom stereocenters. The topological polar surface area (TPSA) is 87.5 Å². The van der Waals surface area contributed by atoms with Crippen molar-refractivity contribution in [2.24, 2.45) is 0 Å². The first-order valence-electron chi connectivity index (χ1n) is 8.41. The zero-order chi connectivity index (χ0) is 16.5. The molecule has 0 saturated carbocycles. The highest BCUT2D eigenvalue weighted by Crippen LogP contribution is 2.30. The number of fused-ring (bicyclic) bond motifs is 1. The van der Waals surface area contributed by atoms with Gasteiger partial charge >= 0.3 is 0 Å². The zero-order valence-corrected chi connectivity index (χ0v) is 13.5. The van der Waals surface area contributed by atoms with E-state index in [4.69, 9.17) is 4.74 Å². The molecular weight excluding hydrogens is 310 g/mol. The van der Waals surface area contributed by atoms with E-state index in [1.54, 1.807) is 18.2 Å². The molecule has 0 spiro atoms. The van der Waals surface area contributed by atoms with E-state index in [0.29, 0.717) is 6.04 Å². The first-order chi connectivity index (χ1) is 11.7. The summed E-state index contributed by atoms with van der Waals surface area (Å²) in [5, 5.41) is 19.2. The molecule has 128 valence electrons. The van der Waals surface area contributed by atoms with Gasteiger partial charge < -0.3 is 9.64 Å². The van der Waals surface area contributed by atoms with E-state index in [0.717, 1.165) is 69.0 Å². The number of ether oxygens (including phenoxy) is 1. The average molecular weight is 331 g/mol. The second-order valence-electron chi connectivity index (χ2n) is 6.40. The van der Waals surface area contributed by atoms with Gasteiger partial charge in [0.25, 0.3) is 5.69 Å². The summed E-state index contributed by atoms with van der Waals surface area (Å²) in [6.45, 7) is 5.64. The Bertz CT molecular complexity index is 732. The summed E-state index contributed by atoms with van der Waals surface area (Å²) in [5.41, 5.74) is 0.804. The van der Waals surface area contributed by atoms with Crippen molar-refractivity contribution in [3.8, 4) is 0 Å². The lowest BCUT2D eigenvalue weighted by atomic mass is 10.0. The van der Waals surface area contributed by atoms with Gasteiger partial charge in [-0.15, -0.1) is 0 Å². The van der Waals surface area contributed by atoms with E-state index in [9.17, 15) is 10.1 Å². The highest BCUT2D eigenvalue weighted by molar-refractivity contribution is 5.91. The van der Waals surface area contributed by atoms with Gasteiger partial charge in [0, 0.05) is 49.7 Å². The fraction of sp³-hybridized carbons (Fsp3) is 0.562. The van der Waals surface area contributed by atoms with Gasteiger partial charge in [-0.25, -0.2) is 0 Å². The molecule has 8 heteroatoms. The molecule has 2 aromatic rings. The number of hydrogen-bond donors (Lipinski definition) is 1. The summed E-state index contributed by atoms with van der Waals surface area (Å²) < 4.78 is 5.43. The standard InChI is InChI=1S/C16H21N5O3/c22-21(23)13-1-2-14-15(11-13)17-18-16(14)20-5-3-12(4-6-20)19-7-9-24-10-8-19/h1-2,11-12H,3-10H2,(H,17,18). The number of nitrogens with zero attached hydrogens (tertiary/aromatic N) is 4. The predicted octanol–water partition coefficient (Wildman–Crippen LogP) is 1.77. The van der Waals surface area contributed by atoms with E-state index in [-0.39, 0.29) is 10.6 Å². The number of aromatic amines is 1. The maximum atomic E-state index is 10.9. The lowest BCUT2D eigenvalue weighted by Gasteiger charge is -2.40. The van der Waals surface area contributed by atoms with E-state index in [1.165, 1.54) is 0 Å². The highest BCUT2D eigenvalue weighted by Gasteiger charge is 2.27. The van der Waals surface area contributed by atoms with Gasteiger partial charge in [0.15, 0.2) is 5.82 Å². The van der Waals surface area contributed by atoms with Crippen LogP contribution in [0.25, 0.3) is 10.9 Å². The second kappa shape index (κ2) is 6.37. The number of anilines is 1. The SMILES string of the molecule is O=[N+]([O-])c1ccc2c(N3CCC(N4CCOCC4)CC3)n[nH]c2c1. The third-order valence-corrected chi connectivity index (χ3v) is 5.06. The molecule has 0 unspecified atom stereocenters. The van der Waals surface area contributed by atoms with Crippen LogP contribution >= 0.6 is 0 Å². The largest absolute Gasteiger partial charge is 0.379 e. The number of hydrogen-bond acceptors (Lipinski definition) is 6. The van der Waals surface area contributed by atoms with Gasteiger partial charge in [0.1, 0.15) is 0 Å². The van der Waals surface area contributed by atoms with Crippen LogP contribution in [0, 0.1) is 10.1 Å². The number of nitro benzene ring substituents is 1. The Morgan fingerprint density at radius 2 is 1.96 bits per heavy atom. The Balaban J connectivity index is 1.47. The Kier molecular flexibility index (Phi) is 4.07. The summed E-state index contributed by atoms with van der Waals surface area (Å²) in [6.07, 6.45) is 2.22. The molecule has 0 amide bonds. The molecule has 2 fully saturated rings. The van der Waals surface area contributed by atoms with Crippen LogP contribution in [0.3, 0.4) is 0 Å². The van der Waals surface area contributed by atoms with Crippen molar-refractivity contribution in [1.82, 2.24) is 15.1 Å². The molecular formula is C16H21N5O3. The zero-order valence-electron chi connectivity index (χ0n) is 13.5. The second-order valence-corrected chi connectivity index (χ2v) is 6.40. The lowest BCUT2D eigenvalue weighted by Crippen LogP contribution is -2.49. The number of morpholine rings is 1. The number of non-ortho nitro benzene ring substituents is 1. The quantitative estimate of drug-likeness (QED) is 0.681. The normalized spacial score (nSPS) is 20.6. The third kappa shape index (κ3) is 2.83. The Morgan fingerprint density at radius 3 is 2.67 bits per heavy atom. The van der Waals surface area contributed by atoms with Crippen molar-refractivity contribution in [2.45, 2.75) is 18.9 Å². The van der Waals surface area contributed by atoms with Crippen LogP contribution in [-0.2, 0) is 4.74 Å². The first-order valence-corrected chi connectivity index (χ1v) is 8.41. The number of nitro groups is 1. The van der Waals surface area contributed by atoms with E-state index >= 15 is 0 Å². The van der Waals surface area contributed by atoms with Crippen LogP contribution in [0.2, 0.25) is 0 Å². The molecule has 1 aromatic carbocycles. The average Bonchev–Trinajstić information content (AvgIpc) is 3.06. The van der Waals surface area contributed by atoms with Crippen LogP contribution in [0.5, 0.6) is 0 Å². The highest BCUT2D eigenvalue weighted by atomic mass is 16.6. The fourth-order valence-electron chi connectivity index (χ4n) is 3.73. The smallest absolute Gasteiger partial charge is 0.271 e. The Labute approximate surface area is 139 Å². The summed E-state index contributed by atoms with van der Waals surface area (Å²) in [7, 11) is 0. The molecule has 2 saturated heterocycles. The van der Waals surface area contributed by atoms with Gasteiger partial charge in [0.2, 0.25) is 0 Å². The third-order valence-electron chi connectivity index (χ3n) is 5.06. The number of benzene rings is 1. The van der Waals surface area contributed by atoms with E-state index < -0.39 is 0 Å². The van der Waals surface area contributed by atoms with Crippen molar-refractivity contribution in [1.29, 1.82) is 0 Å². The van der Waals surface area contributed by atoms with Crippen LogP contribution < -0.4 is 4.90 Å². The minimum absolute atomic E-state index is 0.0868. The molecule has 0 aliphatic carbocycles. The summed E-state index contributed by atoms with van der Waals surface area (Å²) >= 11 is 0. The van der Waals surface area contributed by atoms with Gasteiger partial charge in [-0.2, -0.15) is 5.10 Å². The summed E-state index contributed by atoms with van der Waals surface area (Å²) in [6, 6.07) is 5.51. The Morgan fingerprint density at radius 1 is 1.21 bits per heavy atom. The molecule has 8 nitrogen and oxygen atoms in total. The maximum absolute atomic E-state index is 10.9. The molecule has 0 radical (unpaired) electrons. The first kappa shape index (κ1) is 15.3. The van der Waals surface area contributed by atoms with Crippen molar-refractivity contribution in [2.75, 3.05) is 44.3 Å². The number of piperidine rings is 1. The van der Waals surface area contributed by atoms with Crippen LogP contribution in [-0.4, -0.2) is 65.5 Å². The van der Waals surface area contributed by atoms with Crippen LogP contribution in [0.15, 0.2) is 18.2 Å². The molecule has 1 N–H and O–H groups in total. The van der Waals surface area contributed by atoms with Crippen molar-refractivity contribution in [3.05, 3.63) is 28.3 Å². The molecule has 3 heterocycles. The monoisotopic (exact) mass is 331 g/mol. The number of rotatable bonds is 3. The minimum Gasteiger partial charge on any atom is -0.379 e. The van der Waals surface area contributed by atoms with Crippen molar-refractivity contribution >= 4 is 22.4 Å². The van der Waals surface area contributed by atoms with Crippen molar-refractivity contribution < 1.29 is 9.66 Å². The molecule has 0 bridgehead atoms. The molecule has 4 rings (SSSR count). The van der Waals surface area contributed by atoms with Crippen molar-refractivity contribution in [3.63, 3.8) is 0 Å². The maximum Gasteiger partial charge on any atom is 0.271 e. The number of H-pyrrole nitrogens is 1. The summed E-state index contributed by atoms with van der Waals surface area (Å²) in [4.78, 5) is 15.3. The van der Waals surface area contributed by atoms with E-state index in [2.05, 4.69) is 20.0 Å². The molecule has 24 heavy (non-hydrogen) atoms. The molecule has 1 aromatic heterocycles. The minimum atomic E-state index is -0.381. The Hall–Kier alpha value is -2.19. The van der Waals surface area contributed by atoms with Gasteiger partial charge in [0.05, 0.1) is 23.7 Å². The van der Waals surface area contributed by atoms with E-state index in [1.807, 2.05) is 0 Å². The van der Waals surface area contributed by atoms with Gasteiger partial charge in [-0.3, -0.25) is 20.1 Å². The number of nitrogens with one attached hydrogen (secondary N) is 1. The molecule has 2 aliphatic rings. The van der Waals surface area contributed by atoms with Crippen LogP contribution in [0.1, 0.15) is 12.8 Å². The van der Waals surface area contributed by atoms with Gasteiger partial charge in [-0.05, 0) is 18.9 Å². The fourth-order valence-corrected chi connectivity index (χ4v) is 3.73.